The lowest BCUT2D eigenvalue weighted by atomic mass is 10.1. The third kappa shape index (κ3) is 3.55. The Morgan fingerprint density at radius 3 is 2.93 bits per heavy atom. The van der Waals surface area contributed by atoms with E-state index in [4.69, 9.17) is 4.74 Å². The molecule has 0 atom stereocenters. The smallest absolute Gasteiger partial charge is 0.0480 e. The van der Waals surface area contributed by atoms with Gasteiger partial charge < -0.3 is 10.1 Å². The number of halogens is 1. The number of ether oxygens (including phenoxy) is 1. The summed E-state index contributed by atoms with van der Waals surface area (Å²) >= 11 is 3.42. The van der Waals surface area contributed by atoms with E-state index in [9.17, 15) is 0 Å². The van der Waals surface area contributed by atoms with Gasteiger partial charge >= 0.3 is 0 Å². The van der Waals surface area contributed by atoms with E-state index < -0.39 is 0 Å². The lowest BCUT2D eigenvalue weighted by molar-refractivity contribution is 0.0776. The van der Waals surface area contributed by atoms with Gasteiger partial charge in [-0.05, 0) is 40.4 Å². The molecule has 1 aromatic rings. The average molecular weight is 271 g/mol. The van der Waals surface area contributed by atoms with E-state index in [0.29, 0.717) is 6.04 Å². The largest absolute Gasteiger partial charge is 0.381 e. The van der Waals surface area contributed by atoms with Crippen molar-refractivity contribution in [1.29, 1.82) is 0 Å². The number of rotatable bonds is 3. The lowest BCUT2D eigenvalue weighted by Crippen LogP contribution is -2.34. The van der Waals surface area contributed by atoms with Crippen LogP contribution in [0.15, 0.2) is 22.9 Å². The van der Waals surface area contributed by atoms with Gasteiger partial charge in [0.25, 0.3) is 0 Å². The van der Waals surface area contributed by atoms with Crippen LogP contribution in [0.3, 0.4) is 0 Å². The first-order valence-corrected chi connectivity index (χ1v) is 6.04. The number of pyridine rings is 1. The Kier molecular flexibility index (Phi) is 4.11. The molecule has 0 saturated carbocycles. The van der Waals surface area contributed by atoms with E-state index >= 15 is 0 Å². The van der Waals surface area contributed by atoms with Gasteiger partial charge in [-0.2, -0.15) is 0 Å². The van der Waals surface area contributed by atoms with Crippen molar-refractivity contribution in [3.05, 3.63) is 28.5 Å². The molecule has 0 radical (unpaired) electrons. The molecule has 3 nitrogen and oxygen atoms in total. The molecular weight excluding hydrogens is 256 g/mol. The Balaban J connectivity index is 1.81. The fourth-order valence-corrected chi connectivity index (χ4v) is 2.13. The van der Waals surface area contributed by atoms with Crippen LogP contribution in [-0.2, 0) is 11.3 Å². The highest BCUT2D eigenvalue weighted by Crippen LogP contribution is 2.11. The maximum Gasteiger partial charge on any atom is 0.0480 e. The molecule has 1 aliphatic heterocycles. The van der Waals surface area contributed by atoms with Gasteiger partial charge in [0.2, 0.25) is 0 Å². The van der Waals surface area contributed by atoms with Crippen molar-refractivity contribution in [1.82, 2.24) is 10.3 Å². The minimum absolute atomic E-state index is 0.595. The Morgan fingerprint density at radius 2 is 2.20 bits per heavy atom. The summed E-state index contributed by atoms with van der Waals surface area (Å²) in [6.45, 7) is 2.65. The van der Waals surface area contributed by atoms with Crippen LogP contribution in [0.4, 0.5) is 0 Å². The van der Waals surface area contributed by atoms with Gasteiger partial charge in [0.05, 0.1) is 0 Å². The average Bonchev–Trinajstić information content (AvgIpc) is 2.28. The summed E-state index contributed by atoms with van der Waals surface area (Å²) < 4.78 is 6.35. The highest BCUT2D eigenvalue weighted by atomic mass is 79.9. The molecule has 1 aromatic heterocycles. The van der Waals surface area contributed by atoms with Crippen molar-refractivity contribution in [2.45, 2.75) is 25.4 Å². The molecule has 0 unspecified atom stereocenters. The third-order valence-electron chi connectivity index (χ3n) is 2.58. The van der Waals surface area contributed by atoms with Gasteiger partial charge in [-0.3, -0.25) is 4.98 Å². The second-order valence-corrected chi connectivity index (χ2v) is 4.69. The monoisotopic (exact) mass is 270 g/mol. The van der Waals surface area contributed by atoms with Gasteiger partial charge in [0, 0.05) is 42.7 Å². The molecule has 2 heterocycles. The Morgan fingerprint density at radius 1 is 1.40 bits per heavy atom. The maximum absolute atomic E-state index is 5.31. The quantitative estimate of drug-likeness (QED) is 0.914. The molecule has 0 amide bonds. The molecule has 82 valence electrons. The molecule has 15 heavy (non-hydrogen) atoms. The van der Waals surface area contributed by atoms with Gasteiger partial charge in [-0.15, -0.1) is 0 Å². The number of hydrogen-bond acceptors (Lipinski definition) is 3. The number of nitrogens with zero attached hydrogens (tertiary/aromatic N) is 1. The number of nitrogens with one attached hydrogen (secondary N) is 1. The van der Waals surface area contributed by atoms with E-state index in [-0.39, 0.29) is 0 Å². The van der Waals surface area contributed by atoms with Crippen LogP contribution in [0.2, 0.25) is 0 Å². The van der Waals surface area contributed by atoms with E-state index in [0.717, 1.165) is 37.1 Å². The number of aromatic nitrogens is 1. The molecule has 0 spiro atoms. The summed E-state index contributed by atoms with van der Waals surface area (Å²) in [7, 11) is 0. The van der Waals surface area contributed by atoms with Gasteiger partial charge in [0.1, 0.15) is 0 Å². The van der Waals surface area contributed by atoms with E-state index in [1.165, 1.54) is 5.56 Å². The summed E-state index contributed by atoms with van der Waals surface area (Å²) in [4.78, 5) is 4.14. The van der Waals surface area contributed by atoms with Crippen molar-refractivity contribution >= 4 is 15.9 Å². The summed E-state index contributed by atoms with van der Waals surface area (Å²) in [6, 6.07) is 2.69. The van der Waals surface area contributed by atoms with Crippen LogP contribution in [0.5, 0.6) is 0 Å². The van der Waals surface area contributed by atoms with Crippen LogP contribution >= 0.6 is 15.9 Å². The Hall–Kier alpha value is -0.450. The highest BCUT2D eigenvalue weighted by molar-refractivity contribution is 9.10. The van der Waals surface area contributed by atoms with Crippen LogP contribution in [0, 0.1) is 0 Å². The van der Waals surface area contributed by atoms with Crippen molar-refractivity contribution in [3.8, 4) is 0 Å². The summed E-state index contributed by atoms with van der Waals surface area (Å²) in [5, 5.41) is 3.52. The zero-order chi connectivity index (χ0) is 10.5. The number of hydrogen-bond donors (Lipinski definition) is 1. The molecule has 4 heteroatoms. The summed E-state index contributed by atoms with van der Waals surface area (Å²) in [6.07, 6.45) is 5.93. The van der Waals surface area contributed by atoms with E-state index in [2.05, 4.69) is 32.3 Å². The second kappa shape index (κ2) is 5.58. The van der Waals surface area contributed by atoms with Gasteiger partial charge in [-0.1, -0.05) is 0 Å². The minimum atomic E-state index is 0.595. The topological polar surface area (TPSA) is 34.2 Å². The molecule has 2 rings (SSSR count). The summed E-state index contributed by atoms with van der Waals surface area (Å²) in [5.41, 5.74) is 1.22. The molecule has 0 aromatic carbocycles. The fraction of sp³-hybridized carbons (Fsp3) is 0.545. The minimum Gasteiger partial charge on any atom is -0.381 e. The van der Waals surface area contributed by atoms with Crippen molar-refractivity contribution in [2.24, 2.45) is 0 Å². The molecule has 0 aliphatic carbocycles. The third-order valence-corrected chi connectivity index (χ3v) is 3.01. The zero-order valence-electron chi connectivity index (χ0n) is 8.58. The van der Waals surface area contributed by atoms with Crippen molar-refractivity contribution in [2.75, 3.05) is 13.2 Å². The molecule has 1 saturated heterocycles. The first-order chi connectivity index (χ1) is 7.34. The van der Waals surface area contributed by atoms with Crippen molar-refractivity contribution < 1.29 is 4.74 Å². The Labute approximate surface area is 98.4 Å². The first kappa shape index (κ1) is 11.0. The maximum atomic E-state index is 5.31. The normalized spacial score (nSPS) is 17.9. The SMILES string of the molecule is Brc1cncc(CNC2CCOCC2)c1. The predicted octanol–water partition coefficient (Wildman–Crippen LogP) is 2.11. The van der Waals surface area contributed by atoms with E-state index in [1.54, 1.807) is 6.20 Å². The highest BCUT2D eigenvalue weighted by Gasteiger charge is 2.12. The molecule has 0 bridgehead atoms. The van der Waals surface area contributed by atoms with Crippen molar-refractivity contribution in [3.63, 3.8) is 0 Å². The molecular formula is C11H15BrN2O. The molecule has 1 N–H and O–H groups in total. The van der Waals surface area contributed by atoms with Crippen LogP contribution in [0.1, 0.15) is 18.4 Å². The standard InChI is InChI=1S/C11H15BrN2O/c12-10-5-9(6-13-8-10)7-14-11-1-3-15-4-2-11/h5-6,8,11,14H,1-4,7H2. The first-order valence-electron chi connectivity index (χ1n) is 5.25. The van der Waals surface area contributed by atoms with Crippen LogP contribution in [-0.4, -0.2) is 24.2 Å². The Bertz CT molecular complexity index is 313. The predicted molar refractivity (Wildman–Crippen MR) is 62.6 cm³/mol. The summed E-state index contributed by atoms with van der Waals surface area (Å²) in [5.74, 6) is 0. The van der Waals surface area contributed by atoms with Gasteiger partial charge in [0.15, 0.2) is 0 Å². The fourth-order valence-electron chi connectivity index (χ4n) is 1.72. The lowest BCUT2D eigenvalue weighted by Gasteiger charge is -2.23. The zero-order valence-corrected chi connectivity index (χ0v) is 10.2. The molecule has 1 aliphatic rings. The van der Waals surface area contributed by atoms with E-state index in [1.807, 2.05) is 6.20 Å². The second-order valence-electron chi connectivity index (χ2n) is 3.78. The van der Waals surface area contributed by atoms with Crippen LogP contribution < -0.4 is 5.32 Å². The van der Waals surface area contributed by atoms with Crippen LogP contribution in [0.25, 0.3) is 0 Å². The molecule has 1 fully saturated rings. The van der Waals surface area contributed by atoms with Gasteiger partial charge in [-0.25, -0.2) is 0 Å².